The minimum atomic E-state index is -3.31. The normalized spacial score (nSPS) is 11.0. The molecule has 0 saturated carbocycles. The molecule has 0 unspecified atom stereocenters. The lowest BCUT2D eigenvalue weighted by Gasteiger charge is -2.12. The molecule has 1 amide bonds. The summed E-state index contributed by atoms with van der Waals surface area (Å²) in [6.45, 7) is 0.304. The van der Waals surface area contributed by atoms with Gasteiger partial charge in [0, 0.05) is 6.54 Å². The number of methoxy groups -OCH3 is 2. The highest BCUT2D eigenvalue weighted by Crippen LogP contribution is 2.30. The van der Waals surface area contributed by atoms with Crippen LogP contribution in [0.5, 0.6) is 11.5 Å². The van der Waals surface area contributed by atoms with Gasteiger partial charge in [-0.3, -0.25) is 4.79 Å². The number of amides is 1. The Balaban J connectivity index is 2.04. The van der Waals surface area contributed by atoms with Crippen LogP contribution < -0.4 is 19.5 Å². The van der Waals surface area contributed by atoms with E-state index in [1.54, 1.807) is 42.5 Å². The quantitative estimate of drug-likeness (QED) is 0.729. The summed E-state index contributed by atoms with van der Waals surface area (Å²) in [5, 5.41) is 2.82. The molecule has 0 radical (unpaired) electrons. The van der Waals surface area contributed by atoms with Gasteiger partial charge in [0.25, 0.3) is 5.91 Å². The highest BCUT2D eigenvalue weighted by Gasteiger charge is 2.16. The number of benzene rings is 2. The summed E-state index contributed by atoms with van der Waals surface area (Å²) < 4.78 is 35.8. The van der Waals surface area contributed by atoms with Gasteiger partial charge >= 0.3 is 0 Å². The van der Waals surface area contributed by atoms with Crippen molar-refractivity contribution < 1.29 is 22.7 Å². The molecule has 140 valence electrons. The van der Waals surface area contributed by atoms with E-state index in [0.717, 1.165) is 5.56 Å². The number of nitrogens with one attached hydrogen (secondary N) is 2. The third kappa shape index (κ3) is 4.96. The number of para-hydroxylation sites is 1. The van der Waals surface area contributed by atoms with Gasteiger partial charge in [0.15, 0.2) is 11.5 Å². The van der Waals surface area contributed by atoms with Crippen molar-refractivity contribution in [1.82, 2.24) is 10.0 Å². The fraction of sp³-hybridized carbons (Fsp3) is 0.278. The molecule has 2 N–H and O–H groups in total. The van der Waals surface area contributed by atoms with E-state index < -0.39 is 10.0 Å². The van der Waals surface area contributed by atoms with Crippen molar-refractivity contribution in [2.75, 3.05) is 21.3 Å². The van der Waals surface area contributed by atoms with E-state index in [0.29, 0.717) is 29.2 Å². The first-order valence-electron chi connectivity index (χ1n) is 7.88. The van der Waals surface area contributed by atoms with Gasteiger partial charge in [-0.2, -0.15) is 0 Å². The van der Waals surface area contributed by atoms with Crippen LogP contribution in [0.15, 0.2) is 42.5 Å². The second-order valence-corrected chi connectivity index (χ2v) is 7.43. The van der Waals surface area contributed by atoms with Gasteiger partial charge in [0.2, 0.25) is 10.0 Å². The SMILES string of the molecule is CNS(=O)(=O)Cc1ccc(CNC(=O)c2cccc(OC)c2OC)cc1. The van der Waals surface area contributed by atoms with Crippen molar-refractivity contribution in [2.45, 2.75) is 12.3 Å². The fourth-order valence-electron chi connectivity index (χ4n) is 2.39. The Labute approximate surface area is 153 Å². The van der Waals surface area contributed by atoms with Crippen LogP contribution in [0.4, 0.5) is 0 Å². The van der Waals surface area contributed by atoms with Gasteiger partial charge in [0.05, 0.1) is 25.5 Å². The maximum atomic E-state index is 12.4. The van der Waals surface area contributed by atoms with Crippen molar-refractivity contribution in [2.24, 2.45) is 0 Å². The smallest absolute Gasteiger partial charge is 0.255 e. The molecule has 0 aliphatic rings. The molecule has 2 rings (SSSR count). The van der Waals surface area contributed by atoms with E-state index >= 15 is 0 Å². The maximum Gasteiger partial charge on any atom is 0.255 e. The number of carbonyl (C=O) groups is 1. The number of carbonyl (C=O) groups excluding carboxylic acids is 1. The number of sulfonamides is 1. The number of ether oxygens (including phenoxy) is 2. The van der Waals surface area contributed by atoms with Gasteiger partial charge < -0.3 is 14.8 Å². The molecular formula is C18H22N2O5S. The lowest BCUT2D eigenvalue weighted by Crippen LogP contribution is -2.23. The average molecular weight is 378 g/mol. The van der Waals surface area contributed by atoms with E-state index in [-0.39, 0.29) is 11.7 Å². The Morgan fingerprint density at radius 1 is 1.00 bits per heavy atom. The standard InChI is InChI=1S/C18H22N2O5S/c1-19-26(22,23)12-14-9-7-13(8-10-14)11-20-18(21)15-5-4-6-16(24-2)17(15)25-3/h4-10,19H,11-12H2,1-3H3,(H,20,21). The largest absolute Gasteiger partial charge is 0.493 e. The molecule has 7 nitrogen and oxygen atoms in total. The molecular weight excluding hydrogens is 356 g/mol. The van der Waals surface area contributed by atoms with Gasteiger partial charge in [-0.25, -0.2) is 13.1 Å². The van der Waals surface area contributed by atoms with Crippen molar-refractivity contribution in [3.63, 3.8) is 0 Å². The molecule has 26 heavy (non-hydrogen) atoms. The third-order valence-electron chi connectivity index (χ3n) is 3.79. The molecule has 0 spiro atoms. The Bertz CT molecular complexity index is 864. The number of hydrogen-bond donors (Lipinski definition) is 2. The zero-order chi connectivity index (χ0) is 19.2. The van der Waals surface area contributed by atoms with Crippen LogP contribution >= 0.6 is 0 Å². The van der Waals surface area contributed by atoms with Crippen LogP contribution in [0.2, 0.25) is 0 Å². The predicted molar refractivity (Wildman–Crippen MR) is 98.8 cm³/mol. The summed E-state index contributed by atoms with van der Waals surface area (Å²) >= 11 is 0. The summed E-state index contributed by atoms with van der Waals surface area (Å²) in [4.78, 5) is 12.4. The Kier molecular flexibility index (Phi) is 6.59. The molecule has 0 aliphatic carbocycles. The molecule has 0 aromatic heterocycles. The minimum Gasteiger partial charge on any atom is -0.493 e. The Morgan fingerprint density at radius 3 is 2.23 bits per heavy atom. The van der Waals surface area contributed by atoms with Crippen LogP contribution in [0, 0.1) is 0 Å². The highest BCUT2D eigenvalue weighted by atomic mass is 32.2. The van der Waals surface area contributed by atoms with Gasteiger partial charge in [-0.1, -0.05) is 30.3 Å². The van der Waals surface area contributed by atoms with Crippen LogP contribution in [-0.4, -0.2) is 35.6 Å². The van der Waals surface area contributed by atoms with Crippen LogP contribution in [0.3, 0.4) is 0 Å². The summed E-state index contributed by atoms with van der Waals surface area (Å²) in [7, 11) is 1.06. The monoisotopic (exact) mass is 378 g/mol. The van der Waals surface area contributed by atoms with E-state index in [1.165, 1.54) is 21.3 Å². The van der Waals surface area contributed by atoms with Crippen molar-refractivity contribution in [3.05, 3.63) is 59.2 Å². The lowest BCUT2D eigenvalue weighted by atomic mass is 10.1. The van der Waals surface area contributed by atoms with E-state index in [2.05, 4.69) is 10.0 Å². The van der Waals surface area contributed by atoms with E-state index in [4.69, 9.17) is 9.47 Å². The van der Waals surface area contributed by atoms with Crippen LogP contribution in [0.1, 0.15) is 21.5 Å². The maximum absolute atomic E-state index is 12.4. The summed E-state index contributed by atoms with van der Waals surface area (Å²) in [6, 6.07) is 12.1. The Hall–Kier alpha value is -2.58. The van der Waals surface area contributed by atoms with Crippen LogP contribution in [-0.2, 0) is 22.3 Å². The van der Waals surface area contributed by atoms with Gasteiger partial charge in [0.1, 0.15) is 0 Å². The molecule has 0 bridgehead atoms. The molecule has 0 atom stereocenters. The number of rotatable bonds is 8. The van der Waals surface area contributed by atoms with E-state index in [9.17, 15) is 13.2 Å². The zero-order valence-corrected chi connectivity index (χ0v) is 15.7. The topological polar surface area (TPSA) is 93.7 Å². The summed E-state index contributed by atoms with van der Waals surface area (Å²) in [5.74, 6) is 0.481. The second-order valence-electron chi connectivity index (χ2n) is 5.50. The molecule has 0 aliphatic heterocycles. The van der Waals surface area contributed by atoms with Gasteiger partial charge in [-0.15, -0.1) is 0 Å². The highest BCUT2D eigenvalue weighted by molar-refractivity contribution is 7.88. The predicted octanol–water partition coefficient (Wildman–Crippen LogP) is 1.68. The molecule has 2 aromatic carbocycles. The second kappa shape index (κ2) is 8.68. The average Bonchev–Trinajstić information content (AvgIpc) is 2.66. The van der Waals surface area contributed by atoms with E-state index in [1.807, 2.05) is 0 Å². The minimum absolute atomic E-state index is 0.0862. The first-order chi connectivity index (χ1) is 12.4. The van der Waals surface area contributed by atoms with Crippen molar-refractivity contribution in [3.8, 4) is 11.5 Å². The summed E-state index contributed by atoms with van der Waals surface area (Å²) in [5.41, 5.74) is 1.90. The molecule has 0 heterocycles. The molecule has 2 aromatic rings. The van der Waals surface area contributed by atoms with Crippen LogP contribution in [0.25, 0.3) is 0 Å². The molecule has 0 saturated heterocycles. The third-order valence-corrected chi connectivity index (χ3v) is 5.13. The first-order valence-corrected chi connectivity index (χ1v) is 9.53. The lowest BCUT2D eigenvalue weighted by molar-refractivity contribution is 0.0947. The first kappa shape index (κ1) is 19.7. The number of hydrogen-bond acceptors (Lipinski definition) is 5. The molecule has 8 heteroatoms. The Morgan fingerprint density at radius 2 is 1.65 bits per heavy atom. The zero-order valence-electron chi connectivity index (χ0n) is 14.9. The van der Waals surface area contributed by atoms with Gasteiger partial charge in [-0.05, 0) is 30.3 Å². The van der Waals surface area contributed by atoms with Crippen molar-refractivity contribution >= 4 is 15.9 Å². The van der Waals surface area contributed by atoms with Crippen molar-refractivity contribution in [1.29, 1.82) is 0 Å². The molecule has 0 fully saturated rings. The fourth-order valence-corrected chi connectivity index (χ4v) is 3.16. The summed E-state index contributed by atoms with van der Waals surface area (Å²) in [6.07, 6.45) is 0.